The van der Waals surface area contributed by atoms with E-state index in [4.69, 9.17) is 4.74 Å². The number of benzene rings is 1. The van der Waals surface area contributed by atoms with Crippen LogP contribution in [-0.2, 0) is 17.8 Å². The standard InChI is InChI=1S/C26H33N3O4/c1-19(30)29-12-9-24(10-13-29)33-25-14-22(15-27-16-25)26(32)7-6-23(31)18-28-11-8-20-4-2-3-5-21(20)17-28/h2-5,14-16,23-24,31H,6-13,17-18H2,1H3/t23-/m0/s1. The number of aliphatic hydroxyl groups is 1. The number of fused-ring (bicyclic) bond motifs is 1. The molecule has 1 fully saturated rings. The lowest BCUT2D eigenvalue weighted by Crippen LogP contribution is -2.40. The summed E-state index contributed by atoms with van der Waals surface area (Å²) in [4.78, 5) is 32.4. The van der Waals surface area contributed by atoms with E-state index in [1.165, 1.54) is 11.1 Å². The van der Waals surface area contributed by atoms with Gasteiger partial charge >= 0.3 is 0 Å². The maximum Gasteiger partial charge on any atom is 0.219 e. The van der Waals surface area contributed by atoms with Crippen LogP contribution in [-0.4, -0.2) is 70.0 Å². The number of piperidine rings is 1. The van der Waals surface area contributed by atoms with Crippen LogP contribution in [0.2, 0.25) is 0 Å². The second-order valence-electron chi connectivity index (χ2n) is 9.10. The van der Waals surface area contributed by atoms with Crippen LogP contribution < -0.4 is 4.74 Å². The van der Waals surface area contributed by atoms with E-state index < -0.39 is 6.10 Å². The summed E-state index contributed by atoms with van der Waals surface area (Å²) in [5.74, 6) is 0.632. The molecule has 0 aliphatic carbocycles. The number of carbonyl (C=O) groups excluding carboxylic acids is 2. The number of pyridine rings is 1. The van der Waals surface area contributed by atoms with E-state index in [1.807, 2.05) is 4.90 Å². The van der Waals surface area contributed by atoms with Crippen LogP contribution in [0.1, 0.15) is 54.1 Å². The van der Waals surface area contributed by atoms with Gasteiger partial charge in [0.1, 0.15) is 11.9 Å². The lowest BCUT2D eigenvalue weighted by Gasteiger charge is -2.31. The van der Waals surface area contributed by atoms with Crippen LogP contribution in [0.4, 0.5) is 0 Å². The number of carbonyl (C=O) groups is 2. The maximum absolute atomic E-state index is 12.7. The first kappa shape index (κ1) is 23.4. The van der Waals surface area contributed by atoms with Crippen molar-refractivity contribution < 1.29 is 19.4 Å². The van der Waals surface area contributed by atoms with Crippen LogP contribution in [0.5, 0.6) is 5.75 Å². The van der Waals surface area contributed by atoms with Crippen LogP contribution >= 0.6 is 0 Å². The second-order valence-corrected chi connectivity index (χ2v) is 9.10. The molecular formula is C26H33N3O4. The number of hydrogen-bond acceptors (Lipinski definition) is 6. The molecule has 1 aromatic carbocycles. The fraction of sp³-hybridized carbons (Fsp3) is 0.500. The minimum absolute atomic E-state index is 0.0178. The molecule has 176 valence electrons. The Morgan fingerprint density at radius 2 is 1.91 bits per heavy atom. The molecule has 3 heterocycles. The highest BCUT2D eigenvalue weighted by Gasteiger charge is 2.23. The maximum atomic E-state index is 12.7. The third-order valence-electron chi connectivity index (χ3n) is 6.61. The molecule has 1 amide bonds. The molecule has 0 bridgehead atoms. The monoisotopic (exact) mass is 451 g/mol. The van der Waals surface area contributed by atoms with Crippen molar-refractivity contribution in [3.8, 4) is 5.75 Å². The Labute approximate surface area is 195 Å². The number of likely N-dealkylation sites (tertiary alicyclic amines) is 1. The zero-order valence-electron chi connectivity index (χ0n) is 19.3. The molecule has 4 rings (SSSR count). The molecule has 7 nitrogen and oxygen atoms in total. The van der Waals surface area contributed by atoms with Gasteiger partial charge in [0.05, 0.1) is 12.3 Å². The van der Waals surface area contributed by atoms with Crippen LogP contribution in [0.25, 0.3) is 0 Å². The highest BCUT2D eigenvalue weighted by molar-refractivity contribution is 5.96. The van der Waals surface area contributed by atoms with E-state index in [1.54, 1.807) is 25.4 Å². The fourth-order valence-electron chi connectivity index (χ4n) is 4.66. The van der Waals surface area contributed by atoms with Crippen molar-refractivity contribution in [2.24, 2.45) is 0 Å². The summed E-state index contributed by atoms with van der Waals surface area (Å²) in [5.41, 5.74) is 3.21. The van der Waals surface area contributed by atoms with Crippen molar-refractivity contribution in [1.29, 1.82) is 0 Å². The number of rotatable bonds is 8. The molecule has 0 radical (unpaired) electrons. The quantitative estimate of drug-likeness (QED) is 0.622. The first-order valence-corrected chi connectivity index (χ1v) is 11.9. The van der Waals surface area contributed by atoms with Crippen molar-refractivity contribution >= 4 is 11.7 Å². The normalized spacial score (nSPS) is 17.9. The van der Waals surface area contributed by atoms with E-state index in [2.05, 4.69) is 34.1 Å². The summed E-state index contributed by atoms with van der Waals surface area (Å²) in [6.07, 6.45) is 5.88. The lowest BCUT2D eigenvalue weighted by molar-refractivity contribution is -0.130. The lowest BCUT2D eigenvalue weighted by atomic mass is 9.99. The molecule has 0 unspecified atom stereocenters. The van der Waals surface area contributed by atoms with Gasteiger partial charge in [-0.05, 0) is 30.0 Å². The molecule has 1 atom stereocenters. The topological polar surface area (TPSA) is 83.0 Å². The van der Waals surface area contributed by atoms with Gasteiger partial charge in [-0.15, -0.1) is 0 Å². The molecule has 1 aromatic heterocycles. The molecule has 0 saturated carbocycles. The van der Waals surface area contributed by atoms with Crippen molar-refractivity contribution in [1.82, 2.24) is 14.8 Å². The number of aliphatic hydroxyl groups excluding tert-OH is 1. The molecule has 7 heteroatoms. The molecule has 0 spiro atoms. The minimum Gasteiger partial charge on any atom is -0.489 e. The van der Waals surface area contributed by atoms with Gasteiger partial charge in [0, 0.05) is 70.7 Å². The number of hydrogen-bond donors (Lipinski definition) is 1. The Balaban J connectivity index is 1.23. The number of aromatic nitrogens is 1. The SMILES string of the molecule is CC(=O)N1CCC(Oc2cncc(C(=O)CC[C@H](O)CN3CCc4ccccc4C3)c2)CC1. The Bertz CT molecular complexity index is 972. The van der Waals surface area contributed by atoms with Crippen LogP contribution in [0.15, 0.2) is 42.7 Å². The predicted molar refractivity (Wildman–Crippen MR) is 125 cm³/mol. The number of β-amino-alcohol motifs (C(OH)–C–C–N with tert-alkyl or cyclic N) is 1. The molecule has 1 N–H and O–H groups in total. The summed E-state index contributed by atoms with van der Waals surface area (Å²) in [6, 6.07) is 10.2. The number of Topliss-reactive ketones (excluding diaryl/α,β-unsaturated/α-hetero) is 1. The molecule has 2 aliphatic rings. The summed E-state index contributed by atoms with van der Waals surface area (Å²) >= 11 is 0. The van der Waals surface area contributed by atoms with Gasteiger partial charge in [-0.25, -0.2) is 0 Å². The predicted octanol–water partition coefficient (Wildman–Crippen LogP) is 2.85. The van der Waals surface area contributed by atoms with Gasteiger partial charge < -0.3 is 14.7 Å². The van der Waals surface area contributed by atoms with E-state index in [0.29, 0.717) is 37.4 Å². The third-order valence-corrected chi connectivity index (χ3v) is 6.61. The Morgan fingerprint density at radius 3 is 2.67 bits per heavy atom. The molecule has 2 aliphatic heterocycles. The summed E-state index contributed by atoms with van der Waals surface area (Å²) in [6.45, 7) is 5.30. The van der Waals surface area contributed by atoms with E-state index in [-0.39, 0.29) is 24.2 Å². The Kier molecular flexibility index (Phi) is 7.73. The smallest absolute Gasteiger partial charge is 0.219 e. The Morgan fingerprint density at radius 1 is 1.15 bits per heavy atom. The average molecular weight is 452 g/mol. The van der Waals surface area contributed by atoms with Gasteiger partial charge in [0.25, 0.3) is 0 Å². The fourth-order valence-corrected chi connectivity index (χ4v) is 4.66. The number of ketones is 1. The van der Waals surface area contributed by atoms with Gasteiger partial charge in [-0.3, -0.25) is 19.5 Å². The van der Waals surface area contributed by atoms with Crippen LogP contribution in [0, 0.1) is 0 Å². The molecule has 33 heavy (non-hydrogen) atoms. The summed E-state index contributed by atoms with van der Waals surface area (Å²) < 4.78 is 6.02. The van der Waals surface area contributed by atoms with Crippen LogP contribution in [0.3, 0.4) is 0 Å². The highest BCUT2D eigenvalue weighted by Crippen LogP contribution is 2.21. The van der Waals surface area contributed by atoms with Crippen molar-refractivity contribution in [3.05, 3.63) is 59.4 Å². The number of nitrogens with zero attached hydrogens (tertiary/aromatic N) is 3. The number of ether oxygens (including phenoxy) is 1. The van der Waals surface area contributed by atoms with Gasteiger partial charge in [0.15, 0.2) is 5.78 Å². The largest absolute Gasteiger partial charge is 0.489 e. The van der Waals surface area contributed by atoms with Gasteiger partial charge in [0.2, 0.25) is 5.91 Å². The first-order valence-electron chi connectivity index (χ1n) is 11.9. The zero-order chi connectivity index (χ0) is 23.2. The first-order chi connectivity index (χ1) is 16.0. The molecular weight excluding hydrogens is 418 g/mol. The van der Waals surface area contributed by atoms with Gasteiger partial charge in [-0.2, -0.15) is 0 Å². The van der Waals surface area contributed by atoms with E-state index >= 15 is 0 Å². The van der Waals surface area contributed by atoms with E-state index in [9.17, 15) is 14.7 Å². The van der Waals surface area contributed by atoms with Gasteiger partial charge in [-0.1, -0.05) is 24.3 Å². The molecule has 2 aromatic rings. The minimum atomic E-state index is -0.543. The Hall–Kier alpha value is -2.77. The summed E-state index contributed by atoms with van der Waals surface area (Å²) in [7, 11) is 0. The number of amides is 1. The second kappa shape index (κ2) is 10.9. The summed E-state index contributed by atoms with van der Waals surface area (Å²) in [5, 5.41) is 10.5. The van der Waals surface area contributed by atoms with E-state index in [0.717, 1.165) is 32.4 Å². The third kappa shape index (κ3) is 6.39. The van der Waals surface area contributed by atoms with Crippen molar-refractivity contribution in [3.63, 3.8) is 0 Å². The van der Waals surface area contributed by atoms with Crippen molar-refractivity contribution in [2.45, 2.75) is 57.8 Å². The zero-order valence-corrected chi connectivity index (χ0v) is 19.3. The highest BCUT2D eigenvalue weighted by atomic mass is 16.5. The molecule has 1 saturated heterocycles. The van der Waals surface area contributed by atoms with Crippen molar-refractivity contribution in [2.75, 3.05) is 26.2 Å². The average Bonchev–Trinajstić information content (AvgIpc) is 2.83.